The van der Waals surface area contributed by atoms with Gasteiger partial charge in [-0.1, -0.05) is 30.8 Å². The maximum absolute atomic E-state index is 13.3. The molecule has 182 valence electrons. The van der Waals surface area contributed by atoms with E-state index in [1.807, 2.05) is 24.5 Å². The van der Waals surface area contributed by atoms with Crippen molar-refractivity contribution in [2.24, 2.45) is 0 Å². The molecule has 10 nitrogen and oxygen atoms in total. The van der Waals surface area contributed by atoms with Crippen LogP contribution in [-0.4, -0.2) is 72.4 Å². The third-order valence-corrected chi connectivity index (χ3v) is 7.09. The Morgan fingerprint density at radius 1 is 1.14 bits per heavy atom. The molecule has 0 saturated carbocycles. The molecule has 3 aromatic heterocycles. The van der Waals surface area contributed by atoms with Crippen LogP contribution in [-0.2, 0) is 11.2 Å². The molecule has 1 aromatic carbocycles. The lowest BCUT2D eigenvalue weighted by atomic mass is 10.1. The summed E-state index contributed by atoms with van der Waals surface area (Å²) in [5, 5.41) is 16.5. The van der Waals surface area contributed by atoms with Crippen molar-refractivity contribution < 1.29 is 9.53 Å². The van der Waals surface area contributed by atoms with Crippen LogP contribution in [0.4, 0.5) is 5.95 Å². The number of nitrogens with zero attached hydrogens (tertiary/aromatic N) is 7. The van der Waals surface area contributed by atoms with Crippen LogP contribution >= 0.6 is 11.8 Å². The lowest BCUT2D eigenvalue weighted by molar-refractivity contribution is 0.102. The number of aromatic amines is 1. The predicted octanol–water partition coefficient (Wildman–Crippen LogP) is 3.17. The number of thioether (sulfide) groups is 1. The van der Waals surface area contributed by atoms with Gasteiger partial charge >= 0.3 is 0 Å². The normalized spacial score (nSPS) is 14.0. The minimum Gasteiger partial charge on any atom is -0.378 e. The van der Waals surface area contributed by atoms with Crippen molar-refractivity contribution in [2.75, 3.05) is 37.0 Å². The molecule has 0 spiro atoms. The number of morpholine rings is 1. The number of rotatable bonds is 8. The largest absolute Gasteiger partial charge is 0.378 e. The molecule has 1 aliphatic rings. The Morgan fingerprint density at radius 2 is 1.97 bits per heavy atom. The number of anilines is 1. The molecule has 0 radical (unpaired) electrons. The van der Waals surface area contributed by atoms with Crippen molar-refractivity contribution in [3.05, 3.63) is 59.2 Å². The molecule has 1 saturated heterocycles. The van der Waals surface area contributed by atoms with E-state index >= 15 is 0 Å². The van der Waals surface area contributed by atoms with E-state index in [2.05, 4.69) is 66.0 Å². The first kappa shape index (κ1) is 23.3. The van der Waals surface area contributed by atoms with E-state index in [4.69, 9.17) is 4.74 Å². The topological polar surface area (TPSA) is 107 Å². The Hall–Kier alpha value is -3.44. The fourth-order valence-corrected chi connectivity index (χ4v) is 5.18. The lowest BCUT2D eigenvalue weighted by Crippen LogP contribution is -2.37. The van der Waals surface area contributed by atoms with Crippen molar-refractivity contribution in [3.63, 3.8) is 0 Å². The summed E-state index contributed by atoms with van der Waals surface area (Å²) in [5.41, 5.74) is 4.64. The smallest absolute Gasteiger partial charge is 0.232 e. The van der Waals surface area contributed by atoms with Crippen LogP contribution in [0.25, 0.3) is 11.6 Å². The van der Waals surface area contributed by atoms with Crippen LogP contribution in [0.5, 0.6) is 0 Å². The Labute approximate surface area is 207 Å². The van der Waals surface area contributed by atoms with Crippen LogP contribution in [0.1, 0.15) is 34.2 Å². The zero-order chi connectivity index (χ0) is 24.4. The molecule has 5 rings (SSSR count). The fourth-order valence-electron chi connectivity index (χ4n) is 4.35. The maximum Gasteiger partial charge on any atom is 0.232 e. The van der Waals surface area contributed by atoms with E-state index in [-0.39, 0.29) is 11.5 Å². The molecule has 1 N–H and O–H groups in total. The van der Waals surface area contributed by atoms with Gasteiger partial charge in [-0.2, -0.15) is 10.1 Å². The number of aryl methyl sites for hydroxylation is 2. The Morgan fingerprint density at radius 3 is 2.71 bits per heavy atom. The van der Waals surface area contributed by atoms with Crippen LogP contribution in [0.15, 0.2) is 41.8 Å². The Kier molecular flexibility index (Phi) is 6.69. The maximum atomic E-state index is 13.3. The third kappa shape index (κ3) is 4.61. The highest BCUT2D eigenvalue weighted by Gasteiger charge is 2.24. The average molecular weight is 493 g/mol. The molecule has 1 fully saturated rings. The highest BCUT2D eigenvalue weighted by atomic mass is 32.2. The number of benzene rings is 1. The summed E-state index contributed by atoms with van der Waals surface area (Å²) in [6.45, 7) is 8.82. The number of nitrogens with one attached hydrogen (secondary N) is 1. The molecule has 0 amide bonds. The van der Waals surface area contributed by atoms with E-state index in [1.54, 1.807) is 0 Å². The second-order valence-electron chi connectivity index (χ2n) is 8.38. The minimum absolute atomic E-state index is 0.0265. The van der Waals surface area contributed by atoms with Gasteiger partial charge in [-0.05, 0) is 44.0 Å². The number of Topliss-reactive ketones (excluding diaryl/α,β-unsaturated/α-hetero) is 1. The minimum atomic E-state index is 0.0265. The number of carbonyl (C=O) groups excluding carboxylic acids is 1. The molecule has 11 heteroatoms. The van der Waals surface area contributed by atoms with Crippen LogP contribution in [0.2, 0.25) is 0 Å². The van der Waals surface area contributed by atoms with Gasteiger partial charge in [0.2, 0.25) is 11.9 Å². The highest BCUT2D eigenvalue weighted by Crippen LogP contribution is 2.29. The number of carbonyl (C=O) groups is 1. The lowest BCUT2D eigenvalue weighted by Gasteiger charge is -2.28. The summed E-state index contributed by atoms with van der Waals surface area (Å²) in [5.74, 6) is 1.64. The van der Waals surface area contributed by atoms with E-state index in [0.717, 1.165) is 42.5 Å². The van der Waals surface area contributed by atoms with Crippen molar-refractivity contribution in [3.8, 4) is 11.6 Å². The summed E-state index contributed by atoms with van der Waals surface area (Å²) in [7, 11) is 0. The van der Waals surface area contributed by atoms with Gasteiger partial charge < -0.3 is 9.64 Å². The molecule has 4 aromatic rings. The number of aromatic nitrogens is 7. The van der Waals surface area contributed by atoms with Gasteiger partial charge in [0, 0.05) is 30.0 Å². The number of ether oxygens (including phenoxy) is 1. The molecule has 0 atom stereocenters. The van der Waals surface area contributed by atoms with Crippen LogP contribution in [0, 0.1) is 13.8 Å². The number of ketones is 1. The summed E-state index contributed by atoms with van der Waals surface area (Å²) in [6.07, 6.45) is 2.39. The molecule has 0 bridgehead atoms. The first-order valence-corrected chi connectivity index (χ1v) is 12.6. The Bertz CT molecular complexity index is 1320. The second-order valence-corrected chi connectivity index (χ2v) is 9.32. The summed E-state index contributed by atoms with van der Waals surface area (Å²) in [6, 6.07) is 10.3. The standard InChI is InChI=1S/C24H28N8O2S/c1-4-18-6-5-7-19(13-18)32-23(30-8-10-34-11-9-30)28-29-24(32)35-14-21(33)20-12-16(2)31(17(20)3)22-25-15-26-27-22/h5-7,12-13,15H,4,8-11,14H2,1-3H3,(H,25,26,27). The van der Waals surface area contributed by atoms with Gasteiger partial charge in [0.1, 0.15) is 6.33 Å². The summed E-state index contributed by atoms with van der Waals surface area (Å²) in [4.78, 5) is 19.7. The fraction of sp³-hybridized carbons (Fsp3) is 0.375. The van der Waals surface area contributed by atoms with Gasteiger partial charge in [-0.25, -0.2) is 5.10 Å². The zero-order valence-corrected chi connectivity index (χ0v) is 20.9. The Balaban J connectivity index is 1.43. The van der Waals surface area contributed by atoms with Gasteiger partial charge in [0.25, 0.3) is 0 Å². The van der Waals surface area contributed by atoms with E-state index in [1.165, 1.54) is 23.7 Å². The number of H-pyrrole nitrogens is 1. The van der Waals surface area contributed by atoms with Crippen LogP contribution in [0.3, 0.4) is 0 Å². The predicted molar refractivity (Wildman–Crippen MR) is 134 cm³/mol. The van der Waals surface area contributed by atoms with Crippen molar-refractivity contribution in [1.82, 2.24) is 34.5 Å². The van der Waals surface area contributed by atoms with Crippen LogP contribution < -0.4 is 4.90 Å². The van der Waals surface area contributed by atoms with Crippen molar-refractivity contribution in [1.29, 1.82) is 0 Å². The molecule has 0 unspecified atom stereocenters. The van der Waals surface area contributed by atoms with Gasteiger partial charge in [0.15, 0.2) is 10.9 Å². The summed E-state index contributed by atoms with van der Waals surface area (Å²) < 4.78 is 9.48. The monoisotopic (exact) mass is 492 g/mol. The second kappa shape index (κ2) is 10.0. The van der Waals surface area contributed by atoms with Gasteiger partial charge in [-0.3, -0.25) is 13.9 Å². The summed E-state index contributed by atoms with van der Waals surface area (Å²) >= 11 is 1.40. The third-order valence-electron chi connectivity index (χ3n) is 6.17. The first-order chi connectivity index (χ1) is 17.1. The van der Waals surface area contributed by atoms with E-state index in [0.29, 0.717) is 29.9 Å². The van der Waals surface area contributed by atoms with Crippen molar-refractivity contribution >= 4 is 23.5 Å². The molecular weight excluding hydrogens is 464 g/mol. The van der Waals surface area contributed by atoms with Gasteiger partial charge in [0.05, 0.1) is 24.7 Å². The zero-order valence-electron chi connectivity index (χ0n) is 20.1. The molecule has 35 heavy (non-hydrogen) atoms. The van der Waals surface area contributed by atoms with E-state index in [9.17, 15) is 4.79 Å². The highest BCUT2D eigenvalue weighted by molar-refractivity contribution is 7.99. The van der Waals surface area contributed by atoms with Gasteiger partial charge in [-0.15, -0.1) is 10.2 Å². The molecule has 0 aliphatic carbocycles. The number of hydrogen-bond donors (Lipinski definition) is 1. The molecular formula is C24H28N8O2S. The first-order valence-electron chi connectivity index (χ1n) is 11.6. The van der Waals surface area contributed by atoms with E-state index < -0.39 is 0 Å². The quantitative estimate of drug-likeness (QED) is 0.295. The molecule has 1 aliphatic heterocycles. The molecule has 4 heterocycles. The average Bonchev–Trinajstić information content (AvgIpc) is 3.62. The van der Waals surface area contributed by atoms with Crippen molar-refractivity contribution in [2.45, 2.75) is 32.3 Å². The SMILES string of the molecule is CCc1cccc(-n2c(SCC(=O)c3cc(C)n(-c4ncn[nH]4)c3C)nnc2N2CCOCC2)c1. The number of hydrogen-bond acceptors (Lipinski definition) is 8.